The fourth-order valence-electron chi connectivity index (χ4n) is 4.24. The van der Waals surface area contributed by atoms with Gasteiger partial charge in [-0.05, 0) is 42.7 Å². The largest absolute Gasteiger partial charge is 0.497 e. The highest BCUT2D eigenvalue weighted by molar-refractivity contribution is 7.89. The second-order valence-electron chi connectivity index (χ2n) is 8.46. The number of amides is 1. The molecule has 0 N–H and O–H groups in total. The Labute approximate surface area is 202 Å². The van der Waals surface area contributed by atoms with Crippen molar-refractivity contribution in [3.8, 4) is 17.2 Å². The number of hydrogen-bond donors (Lipinski definition) is 0. The van der Waals surface area contributed by atoms with E-state index in [4.69, 9.17) is 14.2 Å². The van der Waals surface area contributed by atoms with E-state index in [2.05, 4.69) is 0 Å². The maximum Gasteiger partial charge on any atom is 0.243 e. The Balaban J connectivity index is 1.84. The number of hydrogen-bond acceptors (Lipinski definition) is 6. The molecule has 0 bridgehead atoms. The Kier molecular flexibility index (Phi) is 8.79. The van der Waals surface area contributed by atoms with Gasteiger partial charge >= 0.3 is 0 Å². The van der Waals surface area contributed by atoms with Gasteiger partial charge in [-0.1, -0.05) is 31.4 Å². The van der Waals surface area contributed by atoms with Gasteiger partial charge in [0.1, 0.15) is 5.75 Å². The number of nitrogens with zero attached hydrogens (tertiary/aromatic N) is 2. The van der Waals surface area contributed by atoms with Crippen LogP contribution in [0.4, 0.5) is 0 Å². The molecule has 1 aliphatic rings. The number of ether oxygens (including phenoxy) is 3. The molecular weight excluding hydrogens is 456 g/mol. The van der Waals surface area contributed by atoms with E-state index < -0.39 is 10.0 Å². The van der Waals surface area contributed by atoms with E-state index in [1.54, 1.807) is 25.1 Å². The maximum atomic E-state index is 13.7. The lowest BCUT2D eigenvalue weighted by atomic mass is 9.95. The summed E-state index contributed by atoms with van der Waals surface area (Å²) in [7, 11) is 2.32. The Morgan fingerprint density at radius 3 is 2.15 bits per heavy atom. The molecule has 0 atom stereocenters. The summed E-state index contributed by atoms with van der Waals surface area (Å²) in [5, 5.41) is 0. The molecule has 0 aromatic heterocycles. The van der Waals surface area contributed by atoms with Crippen molar-refractivity contribution >= 4 is 15.9 Å². The monoisotopic (exact) mass is 490 g/mol. The van der Waals surface area contributed by atoms with Gasteiger partial charge in [-0.2, -0.15) is 4.31 Å². The topological polar surface area (TPSA) is 85.4 Å². The summed E-state index contributed by atoms with van der Waals surface area (Å²) < 4.78 is 44.6. The first-order chi connectivity index (χ1) is 16.3. The van der Waals surface area contributed by atoms with Crippen LogP contribution in [0.5, 0.6) is 17.2 Å². The Morgan fingerprint density at radius 1 is 0.912 bits per heavy atom. The molecule has 0 aliphatic heterocycles. The summed E-state index contributed by atoms with van der Waals surface area (Å²) in [5.41, 5.74) is 0.934. The number of rotatable bonds is 10. The van der Waals surface area contributed by atoms with Gasteiger partial charge < -0.3 is 19.1 Å². The van der Waals surface area contributed by atoms with Gasteiger partial charge in [-0.15, -0.1) is 0 Å². The molecular formula is C25H34N2O6S. The molecule has 186 valence electrons. The minimum Gasteiger partial charge on any atom is -0.497 e. The lowest BCUT2D eigenvalue weighted by Gasteiger charge is -2.34. The third-order valence-electron chi connectivity index (χ3n) is 6.24. The van der Waals surface area contributed by atoms with Gasteiger partial charge in [0.15, 0.2) is 11.5 Å². The zero-order valence-electron chi connectivity index (χ0n) is 20.3. The average molecular weight is 491 g/mol. The summed E-state index contributed by atoms with van der Waals surface area (Å²) in [6, 6.07) is 11.8. The van der Waals surface area contributed by atoms with Crippen molar-refractivity contribution in [1.29, 1.82) is 0 Å². The third kappa shape index (κ3) is 6.01. The van der Waals surface area contributed by atoms with Crippen molar-refractivity contribution in [3.05, 3.63) is 48.0 Å². The van der Waals surface area contributed by atoms with Crippen LogP contribution >= 0.6 is 0 Å². The van der Waals surface area contributed by atoms with Gasteiger partial charge in [0.25, 0.3) is 0 Å². The summed E-state index contributed by atoms with van der Waals surface area (Å²) in [5.74, 6) is 1.25. The molecule has 1 saturated carbocycles. The summed E-state index contributed by atoms with van der Waals surface area (Å²) in [6.45, 7) is 0.158. The molecule has 0 heterocycles. The van der Waals surface area contributed by atoms with Crippen LogP contribution in [0.1, 0.15) is 37.7 Å². The van der Waals surface area contributed by atoms with E-state index in [0.29, 0.717) is 18.0 Å². The average Bonchev–Trinajstić information content (AvgIpc) is 2.87. The lowest BCUT2D eigenvalue weighted by molar-refractivity contribution is -0.131. The van der Waals surface area contributed by atoms with E-state index in [1.807, 2.05) is 24.3 Å². The molecule has 3 rings (SSSR count). The van der Waals surface area contributed by atoms with Gasteiger partial charge in [0.2, 0.25) is 15.9 Å². The van der Waals surface area contributed by atoms with Crippen molar-refractivity contribution in [3.63, 3.8) is 0 Å². The molecule has 9 heteroatoms. The van der Waals surface area contributed by atoms with E-state index in [0.717, 1.165) is 43.4 Å². The fraction of sp³-hybridized carbons (Fsp3) is 0.480. The molecule has 0 saturated heterocycles. The smallest absolute Gasteiger partial charge is 0.243 e. The quantitative estimate of drug-likeness (QED) is 0.505. The SMILES string of the molecule is COc1ccc(CN(C)C(=O)CN(C2CCCCC2)S(=O)(=O)c2ccc(OC)c(OC)c2)cc1. The summed E-state index contributed by atoms with van der Waals surface area (Å²) in [6.07, 6.45) is 4.44. The fourth-order valence-corrected chi connectivity index (χ4v) is 5.89. The van der Waals surface area contributed by atoms with E-state index in [9.17, 15) is 13.2 Å². The second-order valence-corrected chi connectivity index (χ2v) is 10.3. The number of methoxy groups -OCH3 is 3. The van der Waals surface area contributed by atoms with Gasteiger partial charge in [0.05, 0.1) is 32.8 Å². The van der Waals surface area contributed by atoms with Crippen molar-refractivity contribution in [2.45, 2.75) is 49.6 Å². The first-order valence-corrected chi connectivity index (χ1v) is 12.8. The molecule has 2 aromatic carbocycles. The van der Waals surface area contributed by atoms with Gasteiger partial charge in [-0.3, -0.25) is 4.79 Å². The number of carbonyl (C=O) groups is 1. The van der Waals surface area contributed by atoms with Crippen LogP contribution in [0.3, 0.4) is 0 Å². The molecule has 1 fully saturated rings. The predicted molar refractivity (Wildman–Crippen MR) is 130 cm³/mol. The van der Waals surface area contributed by atoms with Crippen LogP contribution in [-0.2, 0) is 21.4 Å². The Morgan fingerprint density at radius 2 is 1.56 bits per heavy atom. The van der Waals surface area contributed by atoms with Crippen molar-refractivity contribution in [2.24, 2.45) is 0 Å². The number of sulfonamides is 1. The highest BCUT2D eigenvalue weighted by atomic mass is 32.2. The zero-order chi connectivity index (χ0) is 24.7. The molecule has 2 aromatic rings. The van der Waals surface area contributed by atoms with Crippen LogP contribution in [0.15, 0.2) is 47.4 Å². The van der Waals surface area contributed by atoms with E-state index in [-0.39, 0.29) is 23.4 Å². The Hall–Kier alpha value is -2.78. The van der Waals surface area contributed by atoms with Crippen molar-refractivity contribution in [2.75, 3.05) is 34.9 Å². The first kappa shape index (κ1) is 25.8. The zero-order valence-corrected chi connectivity index (χ0v) is 21.1. The molecule has 0 radical (unpaired) electrons. The van der Waals surface area contributed by atoms with E-state index in [1.165, 1.54) is 30.7 Å². The summed E-state index contributed by atoms with van der Waals surface area (Å²) in [4.78, 5) is 14.8. The second kappa shape index (κ2) is 11.6. The highest BCUT2D eigenvalue weighted by Gasteiger charge is 2.35. The van der Waals surface area contributed by atoms with Gasteiger partial charge in [-0.25, -0.2) is 8.42 Å². The number of benzene rings is 2. The van der Waals surface area contributed by atoms with Gasteiger partial charge in [0, 0.05) is 25.7 Å². The number of likely N-dealkylation sites (N-methyl/N-ethyl adjacent to an activating group) is 1. The normalized spacial score (nSPS) is 14.6. The van der Waals surface area contributed by atoms with Crippen LogP contribution in [0.25, 0.3) is 0 Å². The van der Waals surface area contributed by atoms with Crippen LogP contribution in [0.2, 0.25) is 0 Å². The standard InChI is InChI=1S/C25H34N2O6S/c1-26(17-19-10-12-21(31-2)13-11-19)25(28)18-27(20-8-6-5-7-9-20)34(29,30)22-14-15-23(32-3)24(16-22)33-4/h10-16,20H,5-9,17-18H2,1-4H3. The molecule has 1 amide bonds. The molecule has 8 nitrogen and oxygen atoms in total. The molecule has 34 heavy (non-hydrogen) atoms. The minimum absolute atomic E-state index is 0.0846. The van der Waals surface area contributed by atoms with Crippen LogP contribution in [-0.4, -0.2) is 64.5 Å². The van der Waals surface area contributed by atoms with Crippen molar-refractivity contribution in [1.82, 2.24) is 9.21 Å². The summed E-state index contributed by atoms with van der Waals surface area (Å²) >= 11 is 0. The van der Waals surface area contributed by atoms with Crippen LogP contribution < -0.4 is 14.2 Å². The highest BCUT2D eigenvalue weighted by Crippen LogP contribution is 2.33. The van der Waals surface area contributed by atoms with Crippen molar-refractivity contribution < 1.29 is 27.4 Å². The maximum absolute atomic E-state index is 13.7. The Bertz CT molecular complexity index is 1070. The third-order valence-corrected chi connectivity index (χ3v) is 8.13. The van der Waals surface area contributed by atoms with Crippen LogP contribution in [0, 0.1) is 0 Å². The minimum atomic E-state index is -3.93. The molecule has 0 spiro atoms. The molecule has 0 unspecified atom stereocenters. The number of carbonyl (C=O) groups excluding carboxylic acids is 1. The van der Waals surface area contributed by atoms with E-state index >= 15 is 0 Å². The first-order valence-electron chi connectivity index (χ1n) is 11.4. The predicted octanol–water partition coefficient (Wildman–Crippen LogP) is 3.69. The molecule has 1 aliphatic carbocycles. The lowest BCUT2D eigenvalue weighted by Crippen LogP contribution is -2.47.